The van der Waals surface area contributed by atoms with Gasteiger partial charge in [0.25, 0.3) is 0 Å². The SMILES string of the molecule is N#CC(=Cc1c[nH]c2ccccc12)[N+](=O)[O-]. The quantitative estimate of drug-likeness (QED) is 0.472. The van der Waals surface area contributed by atoms with Gasteiger partial charge in [0.05, 0.1) is 4.92 Å². The number of para-hydroxylation sites is 1. The molecule has 0 aliphatic carbocycles. The average Bonchev–Trinajstić information content (AvgIpc) is 2.69. The summed E-state index contributed by atoms with van der Waals surface area (Å²) < 4.78 is 0. The Labute approximate surface area is 90.8 Å². The molecule has 1 heterocycles. The number of nitrogens with zero attached hydrogens (tertiary/aromatic N) is 2. The highest BCUT2D eigenvalue weighted by atomic mass is 16.6. The fraction of sp³-hybridized carbons (Fsp3) is 0. The normalized spacial score (nSPS) is 11.3. The van der Waals surface area contributed by atoms with Gasteiger partial charge in [-0.2, -0.15) is 5.26 Å². The first kappa shape index (κ1) is 9.93. The van der Waals surface area contributed by atoms with Crippen molar-refractivity contribution in [1.29, 1.82) is 5.26 Å². The number of hydrogen-bond acceptors (Lipinski definition) is 3. The molecule has 1 aromatic heterocycles. The zero-order valence-electron chi connectivity index (χ0n) is 8.18. The van der Waals surface area contributed by atoms with Crippen molar-refractivity contribution in [2.75, 3.05) is 0 Å². The van der Waals surface area contributed by atoms with E-state index in [1.165, 1.54) is 6.08 Å². The molecule has 0 radical (unpaired) electrons. The Morgan fingerprint density at radius 2 is 2.25 bits per heavy atom. The molecule has 5 heteroatoms. The fourth-order valence-electron chi connectivity index (χ4n) is 1.49. The largest absolute Gasteiger partial charge is 0.361 e. The van der Waals surface area contributed by atoms with Crippen LogP contribution in [-0.2, 0) is 0 Å². The van der Waals surface area contributed by atoms with E-state index in [1.54, 1.807) is 12.3 Å². The molecule has 0 amide bonds. The van der Waals surface area contributed by atoms with Gasteiger partial charge in [0.1, 0.15) is 0 Å². The van der Waals surface area contributed by atoms with Gasteiger partial charge in [0.15, 0.2) is 6.07 Å². The molecule has 5 nitrogen and oxygen atoms in total. The highest BCUT2D eigenvalue weighted by molar-refractivity contribution is 5.89. The summed E-state index contributed by atoms with van der Waals surface area (Å²) in [5, 5.41) is 20.0. The number of nitrogens with one attached hydrogen (secondary N) is 1. The minimum atomic E-state index is -0.693. The lowest BCUT2D eigenvalue weighted by Gasteiger charge is -1.90. The van der Waals surface area contributed by atoms with Gasteiger partial charge in [-0.15, -0.1) is 0 Å². The van der Waals surface area contributed by atoms with E-state index in [-0.39, 0.29) is 0 Å². The number of aromatic nitrogens is 1. The van der Waals surface area contributed by atoms with Crippen LogP contribution in [0.2, 0.25) is 0 Å². The zero-order valence-corrected chi connectivity index (χ0v) is 8.18. The van der Waals surface area contributed by atoms with Crippen molar-refractivity contribution < 1.29 is 4.92 Å². The maximum absolute atomic E-state index is 10.5. The second-order valence-electron chi connectivity index (χ2n) is 3.19. The first-order valence-electron chi connectivity index (χ1n) is 4.54. The summed E-state index contributed by atoms with van der Waals surface area (Å²) in [7, 11) is 0. The molecule has 1 N–H and O–H groups in total. The number of aromatic amines is 1. The molecule has 0 saturated carbocycles. The molecule has 16 heavy (non-hydrogen) atoms. The minimum Gasteiger partial charge on any atom is -0.361 e. The topological polar surface area (TPSA) is 82.7 Å². The highest BCUT2D eigenvalue weighted by Crippen LogP contribution is 2.20. The van der Waals surface area contributed by atoms with Crippen molar-refractivity contribution in [2.45, 2.75) is 0 Å². The summed E-state index contributed by atoms with van der Waals surface area (Å²) >= 11 is 0. The summed E-state index contributed by atoms with van der Waals surface area (Å²) in [6.45, 7) is 0. The molecule has 0 spiro atoms. The molecule has 2 rings (SSSR count). The zero-order chi connectivity index (χ0) is 11.5. The predicted molar refractivity (Wildman–Crippen MR) is 58.9 cm³/mol. The lowest BCUT2D eigenvalue weighted by Crippen LogP contribution is -1.94. The Hall–Kier alpha value is -2.61. The fourth-order valence-corrected chi connectivity index (χ4v) is 1.49. The van der Waals surface area contributed by atoms with Crippen LogP contribution >= 0.6 is 0 Å². The van der Waals surface area contributed by atoms with Crippen LogP contribution in [0.4, 0.5) is 0 Å². The van der Waals surface area contributed by atoms with Crippen LogP contribution < -0.4 is 0 Å². The molecule has 0 bridgehead atoms. The third-order valence-electron chi connectivity index (χ3n) is 2.22. The lowest BCUT2D eigenvalue weighted by molar-refractivity contribution is -0.415. The van der Waals surface area contributed by atoms with Gasteiger partial charge in [-0.1, -0.05) is 18.2 Å². The number of H-pyrrole nitrogens is 1. The van der Waals surface area contributed by atoms with E-state index in [0.29, 0.717) is 5.56 Å². The van der Waals surface area contributed by atoms with Crippen LogP contribution in [0.25, 0.3) is 17.0 Å². The molecule has 2 aromatic rings. The van der Waals surface area contributed by atoms with Gasteiger partial charge in [-0.3, -0.25) is 10.1 Å². The van der Waals surface area contributed by atoms with Crippen LogP contribution in [0.5, 0.6) is 0 Å². The summed E-state index contributed by atoms with van der Waals surface area (Å²) in [5.41, 5.74) is 1.06. The van der Waals surface area contributed by atoms with Gasteiger partial charge in [-0.05, 0) is 6.07 Å². The predicted octanol–water partition coefficient (Wildman–Crippen LogP) is 2.31. The third-order valence-corrected chi connectivity index (χ3v) is 2.22. The molecular weight excluding hydrogens is 206 g/mol. The van der Waals surface area contributed by atoms with Crippen molar-refractivity contribution >= 4 is 17.0 Å². The Morgan fingerprint density at radius 1 is 1.50 bits per heavy atom. The van der Waals surface area contributed by atoms with Crippen LogP contribution in [0.3, 0.4) is 0 Å². The lowest BCUT2D eigenvalue weighted by atomic mass is 10.1. The second kappa shape index (κ2) is 3.87. The maximum Gasteiger partial charge on any atom is 0.346 e. The van der Waals surface area contributed by atoms with E-state index in [2.05, 4.69) is 4.98 Å². The number of rotatable bonds is 2. The molecule has 0 atom stereocenters. The number of nitriles is 1. The van der Waals surface area contributed by atoms with Gasteiger partial charge in [-0.25, -0.2) is 0 Å². The van der Waals surface area contributed by atoms with Crippen molar-refractivity contribution in [3.63, 3.8) is 0 Å². The van der Waals surface area contributed by atoms with Gasteiger partial charge in [0.2, 0.25) is 0 Å². The number of fused-ring (bicyclic) bond motifs is 1. The monoisotopic (exact) mass is 213 g/mol. The van der Waals surface area contributed by atoms with Crippen molar-refractivity contribution in [3.8, 4) is 6.07 Å². The molecule has 0 aliphatic heterocycles. The molecule has 0 aliphatic rings. The molecule has 0 saturated heterocycles. The van der Waals surface area contributed by atoms with E-state index in [0.717, 1.165) is 10.9 Å². The third kappa shape index (κ3) is 1.64. The van der Waals surface area contributed by atoms with Crippen molar-refractivity contribution in [1.82, 2.24) is 4.98 Å². The molecule has 0 unspecified atom stereocenters. The van der Waals surface area contributed by atoms with Crippen LogP contribution in [0, 0.1) is 21.4 Å². The molecular formula is C11H7N3O2. The smallest absolute Gasteiger partial charge is 0.346 e. The Bertz CT molecular complexity index is 619. The first-order valence-corrected chi connectivity index (χ1v) is 4.54. The van der Waals surface area contributed by atoms with E-state index >= 15 is 0 Å². The molecule has 0 fully saturated rings. The Morgan fingerprint density at radius 3 is 2.94 bits per heavy atom. The van der Waals surface area contributed by atoms with Crippen molar-refractivity contribution in [2.24, 2.45) is 0 Å². The number of hydrogen-bond donors (Lipinski definition) is 1. The van der Waals surface area contributed by atoms with Crippen LogP contribution in [0.1, 0.15) is 5.56 Å². The maximum atomic E-state index is 10.5. The van der Waals surface area contributed by atoms with Crippen LogP contribution in [-0.4, -0.2) is 9.91 Å². The summed E-state index contributed by atoms with van der Waals surface area (Å²) in [6, 6.07) is 8.96. The molecule has 78 valence electrons. The number of allylic oxidation sites excluding steroid dienone is 1. The van der Waals surface area contributed by atoms with Gasteiger partial charge >= 0.3 is 5.70 Å². The van der Waals surface area contributed by atoms with Crippen molar-refractivity contribution in [3.05, 3.63) is 51.8 Å². The summed E-state index contributed by atoms with van der Waals surface area (Å²) in [5.74, 6) is 0. The standard InChI is InChI=1S/C11H7N3O2/c12-6-9(14(15)16)5-8-7-13-11-4-2-1-3-10(8)11/h1-5,7,13H. The first-order chi connectivity index (χ1) is 7.72. The van der Waals surface area contributed by atoms with E-state index < -0.39 is 10.6 Å². The Kier molecular flexibility index (Phi) is 2.40. The minimum absolute atomic E-state index is 0.468. The Balaban J connectivity index is 2.57. The van der Waals surface area contributed by atoms with E-state index in [4.69, 9.17) is 5.26 Å². The summed E-state index contributed by atoms with van der Waals surface area (Å²) in [4.78, 5) is 12.8. The van der Waals surface area contributed by atoms with Gasteiger partial charge in [0, 0.05) is 28.7 Å². The number of benzene rings is 1. The second-order valence-corrected chi connectivity index (χ2v) is 3.19. The highest BCUT2D eigenvalue weighted by Gasteiger charge is 2.10. The average molecular weight is 213 g/mol. The summed E-state index contributed by atoms with van der Waals surface area (Å²) in [6.07, 6.45) is 2.91. The van der Waals surface area contributed by atoms with E-state index in [1.807, 2.05) is 24.3 Å². The van der Waals surface area contributed by atoms with E-state index in [9.17, 15) is 10.1 Å². The molecule has 1 aromatic carbocycles. The van der Waals surface area contributed by atoms with Crippen LogP contribution in [0.15, 0.2) is 36.2 Å². The number of nitro groups is 1. The van der Waals surface area contributed by atoms with Gasteiger partial charge < -0.3 is 4.98 Å².